The topological polar surface area (TPSA) is 148 Å². The van der Waals surface area contributed by atoms with Gasteiger partial charge in [0, 0.05) is 10.5 Å². The summed E-state index contributed by atoms with van der Waals surface area (Å²) in [6, 6.07) is 14.9. The van der Waals surface area contributed by atoms with E-state index in [9.17, 15) is 19.5 Å². The molecule has 10 heteroatoms. The zero-order valence-corrected chi connectivity index (χ0v) is 17.1. The summed E-state index contributed by atoms with van der Waals surface area (Å²) in [5.41, 5.74) is 9.30. The highest BCUT2D eigenvalue weighted by Crippen LogP contribution is 2.27. The molecule has 1 heterocycles. The van der Waals surface area contributed by atoms with Crippen LogP contribution in [-0.2, 0) is 19.0 Å². The number of rotatable bonds is 7. The minimum absolute atomic E-state index is 0.112. The fourth-order valence-corrected chi connectivity index (χ4v) is 3.31. The second-order valence-corrected chi connectivity index (χ2v) is 7.10. The number of hydrogen-bond donors (Lipinski definition) is 1. The molecule has 0 radical (unpaired) electrons. The molecule has 1 saturated heterocycles. The number of benzene rings is 2. The fourth-order valence-electron chi connectivity index (χ4n) is 3.31. The van der Waals surface area contributed by atoms with Crippen LogP contribution in [0.25, 0.3) is 10.4 Å². The molecule has 1 aliphatic heterocycles. The van der Waals surface area contributed by atoms with Gasteiger partial charge in [-0.05, 0) is 24.6 Å². The van der Waals surface area contributed by atoms with Crippen molar-refractivity contribution in [1.29, 1.82) is 0 Å². The van der Waals surface area contributed by atoms with Gasteiger partial charge in [-0.3, -0.25) is 4.79 Å². The predicted octanol–water partition coefficient (Wildman–Crippen LogP) is 2.47. The van der Waals surface area contributed by atoms with E-state index >= 15 is 0 Å². The molecule has 0 bridgehead atoms. The van der Waals surface area contributed by atoms with Crippen LogP contribution in [0.5, 0.6) is 0 Å². The van der Waals surface area contributed by atoms with Crippen molar-refractivity contribution in [2.24, 2.45) is 5.11 Å². The molecular weight excluding hydrogens is 418 g/mol. The average molecular weight is 439 g/mol. The van der Waals surface area contributed by atoms with Crippen molar-refractivity contribution >= 4 is 17.7 Å². The number of ether oxygens (including phenoxy) is 3. The maximum absolute atomic E-state index is 12.4. The lowest BCUT2D eigenvalue weighted by atomic mass is 9.94. The van der Waals surface area contributed by atoms with Gasteiger partial charge in [0.15, 0.2) is 0 Å². The average Bonchev–Trinajstić information content (AvgIpc) is 2.82. The number of azide groups is 1. The molecule has 2 aromatic rings. The minimum Gasteiger partial charge on any atom is -0.459 e. The SMILES string of the molecule is CC1OC(COC(=O)c2ccccc2)[C@@H](O)[C@H](OC(=O)C(=O)c2ccccc2)C1N=[N+]=[N-]. The molecule has 3 unspecified atom stereocenters. The van der Waals surface area contributed by atoms with Gasteiger partial charge in [0.05, 0.1) is 11.7 Å². The first kappa shape index (κ1) is 23.0. The van der Waals surface area contributed by atoms with Gasteiger partial charge in [-0.1, -0.05) is 53.6 Å². The predicted molar refractivity (Wildman–Crippen MR) is 111 cm³/mol. The number of carbonyl (C=O) groups excluding carboxylic acids is 3. The summed E-state index contributed by atoms with van der Waals surface area (Å²) in [7, 11) is 0. The number of hydrogen-bond acceptors (Lipinski definition) is 8. The van der Waals surface area contributed by atoms with Crippen LogP contribution in [0.2, 0.25) is 0 Å². The molecule has 32 heavy (non-hydrogen) atoms. The van der Waals surface area contributed by atoms with Crippen LogP contribution in [0.4, 0.5) is 0 Å². The Balaban J connectivity index is 1.72. The Morgan fingerprint density at radius 1 is 1.06 bits per heavy atom. The zero-order valence-electron chi connectivity index (χ0n) is 17.1. The van der Waals surface area contributed by atoms with E-state index in [1.807, 2.05) is 0 Å². The molecule has 1 aliphatic rings. The van der Waals surface area contributed by atoms with Gasteiger partial charge in [-0.2, -0.15) is 0 Å². The first-order valence-electron chi connectivity index (χ1n) is 9.82. The normalized spacial score (nSPS) is 24.6. The number of carbonyl (C=O) groups is 3. The van der Waals surface area contributed by atoms with Crippen LogP contribution in [0.1, 0.15) is 27.6 Å². The van der Waals surface area contributed by atoms with Crippen molar-refractivity contribution in [1.82, 2.24) is 0 Å². The summed E-state index contributed by atoms with van der Waals surface area (Å²) in [5.74, 6) is -2.75. The second-order valence-electron chi connectivity index (χ2n) is 7.10. The maximum Gasteiger partial charge on any atom is 0.380 e. The number of aliphatic hydroxyl groups excluding tert-OH is 1. The van der Waals surface area contributed by atoms with Gasteiger partial charge in [0.1, 0.15) is 31.0 Å². The summed E-state index contributed by atoms with van der Waals surface area (Å²) in [6.07, 6.45) is -4.76. The Kier molecular flexibility index (Phi) is 7.56. The van der Waals surface area contributed by atoms with E-state index in [1.165, 1.54) is 12.1 Å². The summed E-state index contributed by atoms with van der Waals surface area (Å²) in [6.45, 7) is 1.21. The van der Waals surface area contributed by atoms with E-state index in [4.69, 9.17) is 19.7 Å². The van der Waals surface area contributed by atoms with Gasteiger partial charge < -0.3 is 19.3 Å². The highest BCUT2D eigenvalue weighted by Gasteiger charge is 2.46. The van der Waals surface area contributed by atoms with Crippen LogP contribution in [0.3, 0.4) is 0 Å². The molecule has 0 saturated carbocycles. The molecule has 3 rings (SSSR count). The van der Waals surface area contributed by atoms with Crippen molar-refractivity contribution in [2.45, 2.75) is 37.4 Å². The van der Waals surface area contributed by atoms with Gasteiger partial charge in [-0.25, -0.2) is 9.59 Å². The number of esters is 2. The molecule has 1 N–H and O–H groups in total. The maximum atomic E-state index is 12.4. The number of Topliss-reactive ketones (excluding diaryl/α,β-unsaturated/α-hetero) is 1. The van der Waals surface area contributed by atoms with E-state index < -0.39 is 48.2 Å². The molecule has 0 aliphatic carbocycles. The Morgan fingerprint density at radius 3 is 2.25 bits per heavy atom. The van der Waals surface area contributed by atoms with Gasteiger partial charge in [0.2, 0.25) is 0 Å². The molecular formula is C22H21N3O7. The van der Waals surface area contributed by atoms with Crippen LogP contribution in [0, 0.1) is 0 Å². The summed E-state index contributed by atoms with van der Waals surface area (Å²) < 4.78 is 16.1. The first-order chi connectivity index (χ1) is 15.4. The van der Waals surface area contributed by atoms with Crippen molar-refractivity contribution in [3.8, 4) is 0 Å². The minimum atomic E-state index is -1.52. The van der Waals surface area contributed by atoms with Crippen LogP contribution < -0.4 is 0 Å². The lowest BCUT2D eigenvalue weighted by Gasteiger charge is -2.41. The third kappa shape index (κ3) is 5.30. The smallest absolute Gasteiger partial charge is 0.380 e. The van der Waals surface area contributed by atoms with Crippen molar-refractivity contribution in [3.63, 3.8) is 0 Å². The Morgan fingerprint density at radius 2 is 1.66 bits per heavy atom. The molecule has 5 atom stereocenters. The third-order valence-corrected chi connectivity index (χ3v) is 4.96. The van der Waals surface area contributed by atoms with Crippen LogP contribution >= 0.6 is 0 Å². The van der Waals surface area contributed by atoms with E-state index in [0.29, 0.717) is 5.56 Å². The summed E-state index contributed by atoms with van der Waals surface area (Å²) >= 11 is 0. The standard InChI is InChI=1S/C22H21N3O7/c1-13-17(24-25-23)20(32-22(29)18(26)14-8-4-2-5-9-14)19(27)16(31-13)12-30-21(28)15-10-6-3-7-11-15/h2-11,13,16-17,19-20,27H,12H2,1H3/t13?,16?,17?,19-,20-/m1/s1. The molecule has 10 nitrogen and oxygen atoms in total. The van der Waals surface area contributed by atoms with E-state index in [0.717, 1.165) is 0 Å². The number of nitrogens with zero attached hydrogens (tertiary/aromatic N) is 3. The molecule has 1 fully saturated rings. The molecule has 166 valence electrons. The molecule has 0 spiro atoms. The molecule has 0 amide bonds. The Labute approximate surface area is 183 Å². The highest BCUT2D eigenvalue weighted by molar-refractivity contribution is 6.40. The highest BCUT2D eigenvalue weighted by atomic mass is 16.6. The van der Waals surface area contributed by atoms with E-state index in [1.54, 1.807) is 55.5 Å². The van der Waals surface area contributed by atoms with Crippen molar-refractivity contribution in [2.75, 3.05) is 6.61 Å². The van der Waals surface area contributed by atoms with E-state index in [2.05, 4.69) is 10.0 Å². The van der Waals surface area contributed by atoms with Gasteiger partial charge in [-0.15, -0.1) is 0 Å². The quantitative estimate of drug-likeness (QED) is 0.174. The monoisotopic (exact) mass is 439 g/mol. The summed E-state index contributed by atoms with van der Waals surface area (Å²) in [4.78, 5) is 39.7. The van der Waals surface area contributed by atoms with Gasteiger partial charge in [0.25, 0.3) is 5.78 Å². The number of ketones is 1. The largest absolute Gasteiger partial charge is 0.459 e. The zero-order chi connectivity index (χ0) is 23.1. The van der Waals surface area contributed by atoms with Gasteiger partial charge >= 0.3 is 11.9 Å². The van der Waals surface area contributed by atoms with Crippen molar-refractivity contribution in [3.05, 3.63) is 82.2 Å². The first-order valence-corrected chi connectivity index (χ1v) is 9.82. The second kappa shape index (κ2) is 10.5. The Bertz CT molecular complexity index is 1010. The lowest BCUT2D eigenvalue weighted by Crippen LogP contribution is -2.59. The van der Waals surface area contributed by atoms with Crippen molar-refractivity contribution < 1.29 is 33.7 Å². The van der Waals surface area contributed by atoms with E-state index in [-0.39, 0.29) is 12.2 Å². The van der Waals surface area contributed by atoms with Crippen LogP contribution in [0.15, 0.2) is 65.8 Å². The number of aliphatic hydroxyl groups is 1. The fraction of sp³-hybridized carbons (Fsp3) is 0.318. The molecule has 0 aromatic heterocycles. The Hall–Kier alpha value is -3.72. The summed E-state index contributed by atoms with van der Waals surface area (Å²) in [5, 5.41) is 14.3. The molecule has 2 aromatic carbocycles. The lowest BCUT2D eigenvalue weighted by molar-refractivity contribution is -0.199. The van der Waals surface area contributed by atoms with Crippen LogP contribution in [-0.4, -0.2) is 59.9 Å². The third-order valence-electron chi connectivity index (χ3n) is 4.96.